The quantitative estimate of drug-likeness (QED) is 0.294. The van der Waals surface area contributed by atoms with Crippen molar-refractivity contribution in [2.45, 2.75) is 32.9 Å². The zero-order valence-electron chi connectivity index (χ0n) is 23.8. The van der Waals surface area contributed by atoms with Crippen LogP contribution in [0.3, 0.4) is 0 Å². The Hall–Kier alpha value is -4.34. The van der Waals surface area contributed by atoms with Gasteiger partial charge in [0.1, 0.15) is 5.75 Å². The molecule has 8 nitrogen and oxygen atoms in total. The number of ether oxygens (including phenoxy) is 3. The Balaban J connectivity index is 1.66. The van der Waals surface area contributed by atoms with Crippen molar-refractivity contribution < 1.29 is 19.0 Å². The van der Waals surface area contributed by atoms with Crippen LogP contribution in [0.2, 0.25) is 5.02 Å². The van der Waals surface area contributed by atoms with E-state index in [-0.39, 0.29) is 17.6 Å². The number of allylic oxidation sites excluding steroid dienone is 1. The predicted octanol–water partition coefficient (Wildman–Crippen LogP) is 5.33. The molecule has 3 aromatic carbocycles. The first-order valence-electron chi connectivity index (χ1n) is 13.3. The van der Waals surface area contributed by atoms with Gasteiger partial charge in [0.15, 0.2) is 16.3 Å². The molecule has 1 aliphatic rings. The summed E-state index contributed by atoms with van der Waals surface area (Å²) in [5, 5.41) is 3.32. The van der Waals surface area contributed by atoms with Gasteiger partial charge >= 0.3 is 0 Å². The molecule has 0 bridgehead atoms. The minimum Gasteiger partial charge on any atom is -0.497 e. The van der Waals surface area contributed by atoms with Gasteiger partial charge in [0, 0.05) is 5.69 Å². The van der Waals surface area contributed by atoms with E-state index in [0.29, 0.717) is 54.1 Å². The third-order valence-electron chi connectivity index (χ3n) is 6.61. The van der Waals surface area contributed by atoms with Gasteiger partial charge in [-0.3, -0.25) is 14.2 Å². The molecule has 0 aliphatic carbocycles. The number of amides is 1. The topological polar surface area (TPSA) is 91.2 Å². The fraction of sp³-hybridized carbons (Fsp3) is 0.219. The van der Waals surface area contributed by atoms with Gasteiger partial charge in [-0.15, -0.1) is 0 Å². The van der Waals surface area contributed by atoms with E-state index in [0.717, 1.165) is 5.56 Å². The molecule has 2 heterocycles. The predicted molar refractivity (Wildman–Crippen MR) is 166 cm³/mol. The summed E-state index contributed by atoms with van der Waals surface area (Å²) < 4.78 is 18.8. The van der Waals surface area contributed by atoms with Gasteiger partial charge in [0.2, 0.25) is 0 Å². The first-order chi connectivity index (χ1) is 20.2. The lowest BCUT2D eigenvalue weighted by atomic mass is 9.95. The highest BCUT2D eigenvalue weighted by Gasteiger charge is 2.33. The summed E-state index contributed by atoms with van der Waals surface area (Å²) >= 11 is 7.79. The fourth-order valence-corrected chi connectivity index (χ4v) is 6.09. The second kappa shape index (κ2) is 12.3. The summed E-state index contributed by atoms with van der Waals surface area (Å²) in [6, 6.07) is 19.3. The van der Waals surface area contributed by atoms with E-state index in [4.69, 9.17) is 30.8 Å². The second-order valence-corrected chi connectivity index (χ2v) is 11.3. The molecule has 42 heavy (non-hydrogen) atoms. The lowest BCUT2D eigenvalue weighted by Crippen LogP contribution is -2.40. The number of hydrogen-bond acceptors (Lipinski definition) is 7. The van der Waals surface area contributed by atoms with Crippen LogP contribution in [0.15, 0.2) is 87.8 Å². The number of aromatic nitrogens is 1. The zero-order chi connectivity index (χ0) is 30.0. The summed E-state index contributed by atoms with van der Waals surface area (Å²) in [6.45, 7) is 5.58. The Bertz CT molecular complexity index is 1860. The molecular formula is C32H30ClN3O5S. The van der Waals surface area contributed by atoms with Crippen molar-refractivity contribution in [2.75, 3.05) is 19.5 Å². The molecule has 10 heteroatoms. The molecule has 216 valence electrons. The van der Waals surface area contributed by atoms with Gasteiger partial charge in [-0.25, -0.2) is 4.99 Å². The first-order valence-corrected chi connectivity index (χ1v) is 14.5. The number of para-hydroxylation sites is 1. The summed E-state index contributed by atoms with van der Waals surface area (Å²) in [6.07, 6.45) is 1.64. The summed E-state index contributed by atoms with van der Waals surface area (Å²) in [7, 11) is 3.11. The lowest BCUT2D eigenvalue weighted by Gasteiger charge is -2.25. The van der Waals surface area contributed by atoms with Gasteiger partial charge in [-0.1, -0.05) is 53.3 Å². The molecule has 0 unspecified atom stereocenters. The average molecular weight is 604 g/mol. The molecule has 0 fully saturated rings. The number of hydrogen-bond donors (Lipinski definition) is 1. The molecular weight excluding hydrogens is 574 g/mol. The summed E-state index contributed by atoms with van der Waals surface area (Å²) in [5.41, 5.74) is 2.61. The second-order valence-electron chi connectivity index (χ2n) is 9.88. The van der Waals surface area contributed by atoms with Gasteiger partial charge in [0.25, 0.3) is 11.5 Å². The van der Waals surface area contributed by atoms with E-state index in [1.54, 1.807) is 48.9 Å². The SMILES string of the molecule is COc1cccc([C@H]2C(C(=O)Nc3ccccc3)=C(C)N=c3s/c(=C\c4cc(Cl)c(OC(C)C)c(OC)c4)c(=O)n32)c1. The third kappa shape index (κ3) is 5.84. The van der Waals surface area contributed by atoms with E-state index < -0.39 is 6.04 Å². The maximum atomic E-state index is 14.0. The van der Waals surface area contributed by atoms with E-state index in [1.807, 2.05) is 56.3 Å². The lowest BCUT2D eigenvalue weighted by molar-refractivity contribution is -0.113. The normalized spacial score (nSPS) is 14.8. The van der Waals surface area contributed by atoms with Gasteiger partial charge in [-0.05, 0) is 74.4 Å². The maximum Gasteiger partial charge on any atom is 0.271 e. The number of anilines is 1. The van der Waals surface area contributed by atoms with Gasteiger partial charge < -0.3 is 19.5 Å². The highest BCUT2D eigenvalue weighted by Crippen LogP contribution is 2.37. The number of nitrogens with zero attached hydrogens (tertiary/aromatic N) is 2. The minimum atomic E-state index is -0.734. The smallest absolute Gasteiger partial charge is 0.271 e. The van der Waals surface area contributed by atoms with E-state index in [9.17, 15) is 9.59 Å². The highest BCUT2D eigenvalue weighted by atomic mass is 35.5. The molecule has 0 spiro atoms. The molecule has 0 saturated carbocycles. The Morgan fingerprint density at radius 1 is 1.07 bits per heavy atom. The van der Waals surface area contributed by atoms with Crippen LogP contribution in [-0.4, -0.2) is 30.8 Å². The summed E-state index contributed by atoms with van der Waals surface area (Å²) in [4.78, 5) is 33.0. The van der Waals surface area contributed by atoms with Crippen molar-refractivity contribution in [2.24, 2.45) is 4.99 Å². The summed E-state index contributed by atoms with van der Waals surface area (Å²) in [5.74, 6) is 1.16. The van der Waals surface area contributed by atoms with Crippen LogP contribution in [-0.2, 0) is 4.79 Å². The molecule has 5 rings (SSSR count). The monoisotopic (exact) mass is 603 g/mol. The van der Waals surface area contributed by atoms with Crippen LogP contribution in [0.4, 0.5) is 5.69 Å². The number of methoxy groups -OCH3 is 2. The Kier molecular flexibility index (Phi) is 8.51. The largest absolute Gasteiger partial charge is 0.497 e. The van der Waals surface area contributed by atoms with Crippen LogP contribution in [0.25, 0.3) is 6.08 Å². The first kappa shape index (κ1) is 29.2. The van der Waals surface area contributed by atoms with Crippen LogP contribution >= 0.6 is 22.9 Å². The number of carbonyl (C=O) groups excluding carboxylic acids is 1. The maximum absolute atomic E-state index is 14.0. The highest BCUT2D eigenvalue weighted by molar-refractivity contribution is 7.07. The van der Waals surface area contributed by atoms with Gasteiger partial charge in [-0.2, -0.15) is 0 Å². The van der Waals surface area contributed by atoms with Crippen LogP contribution in [0.1, 0.15) is 37.9 Å². The Morgan fingerprint density at radius 2 is 1.83 bits per heavy atom. The minimum absolute atomic E-state index is 0.0981. The van der Waals surface area contributed by atoms with Crippen molar-refractivity contribution in [3.05, 3.63) is 114 Å². The number of benzene rings is 3. The molecule has 1 atom stereocenters. The van der Waals surface area contributed by atoms with E-state index in [2.05, 4.69) is 5.32 Å². The number of halogens is 1. The molecule has 4 aromatic rings. The van der Waals surface area contributed by atoms with Crippen molar-refractivity contribution in [3.63, 3.8) is 0 Å². The van der Waals surface area contributed by atoms with Crippen molar-refractivity contribution in [1.29, 1.82) is 0 Å². The van der Waals surface area contributed by atoms with E-state index in [1.165, 1.54) is 18.4 Å². The molecule has 1 aliphatic heterocycles. The van der Waals surface area contributed by atoms with Crippen molar-refractivity contribution in [1.82, 2.24) is 4.57 Å². The number of rotatable bonds is 8. The fourth-order valence-electron chi connectivity index (χ4n) is 4.78. The Morgan fingerprint density at radius 3 is 2.52 bits per heavy atom. The molecule has 1 N–H and O–H groups in total. The molecule has 0 radical (unpaired) electrons. The zero-order valence-corrected chi connectivity index (χ0v) is 25.4. The van der Waals surface area contributed by atoms with Crippen molar-refractivity contribution in [3.8, 4) is 17.2 Å². The number of thiazole rings is 1. The molecule has 0 saturated heterocycles. The van der Waals surface area contributed by atoms with Crippen molar-refractivity contribution >= 4 is 40.6 Å². The standard InChI is InChI=1S/C32H30ClN3O5S/c1-18(2)41-29-24(33)14-20(15-25(29)40-5)16-26-31(38)36-28(21-10-9-13-23(17-21)39-4)27(19(3)34-32(36)42-26)30(37)35-22-11-7-6-8-12-22/h6-18,28H,1-5H3,(H,35,37)/b26-16-/t28-/m0/s1. The third-order valence-corrected chi connectivity index (χ3v) is 7.87. The van der Waals surface area contributed by atoms with Crippen LogP contribution in [0, 0.1) is 0 Å². The average Bonchev–Trinajstić information content (AvgIpc) is 3.27. The van der Waals surface area contributed by atoms with Crippen LogP contribution in [0.5, 0.6) is 17.2 Å². The number of carbonyl (C=O) groups is 1. The molecule has 1 amide bonds. The Labute approximate surface area is 252 Å². The van der Waals surface area contributed by atoms with Crippen LogP contribution < -0.4 is 34.4 Å². The molecule has 1 aromatic heterocycles. The van der Waals surface area contributed by atoms with Gasteiger partial charge in [0.05, 0.1) is 47.2 Å². The van der Waals surface area contributed by atoms with E-state index >= 15 is 0 Å². The number of fused-ring (bicyclic) bond motifs is 1. The number of nitrogens with one attached hydrogen (secondary N) is 1.